The topological polar surface area (TPSA) is 121 Å². The zero-order chi connectivity index (χ0) is 51.5. The number of benzene rings is 4. The third-order valence-corrected chi connectivity index (χ3v) is 18.1. The normalized spacial score (nSPS) is 15.0. The standard InChI is InChI=1S/C63H93B3O6/c1-7-13-19-25-37-61(38-26-20-14-8-2)52-43-46(64(67)68)31-34-49(52)55-56-50-35-32-47(65(69)70)44-53(50)62(39-27-21-15-9-3,40-28-22-16-10-4)59(56)60-57(58(55)61)51-36-33-48(66(71)72)45-54(51)63(60,41-29-23-17-11-5)42-30-24-18-12-6/h31-36,43-45,67-72H,7-30,37-42H2,1-6H3. The molecule has 0 saturated carbocycles. The minimum Gasteiger partial charge on any atom is -0.423 e. The van der Waals surface area contributed by atoms with Crippen LogP contribution in [0.5, 0.6) is 0 Å². The van der Waals surface area contributed by atoms with E-state index in [0.717, 1.165) is 154 Å². The second kappa shape index (κ2) is 26.1. The van der Waals surface area contributed by atoms with Crippen LogP contribution in [-0.4, -0.2) is 51.5 Å². The van der Waals surface area contributed by atoms with Gasteiger partial charge in [0.2, 0.25) is 0 Å². The Morgan fingerprint density at radius 1 is 0.292 bits per heavy atom. The van der Waals surface area contributed by atoms with Gasteiger partial charge in [-0.3, -0.25) is 0 Å². The maximum atomic E-state index is 11.1. The van der Waals surface area contributed by atoms with Crippen molar-refractivity contribution in [2.24, 2.45) is 0 Å². The third kappa shape index (κ3) is 11.1. The van der Waals surface area contributed by atoms with Crippen molar-refractivity contribution in [2.75, 3.05) is 0 Å². The lowest BCUT2D eigenvalue weighted by atomic mass is 9.60. The second-order valence-electron chi connectivity index (χ2n) is 22.9. The van der Waals surface area contributed by atoms with E-state index in [0.29, 0.717) is 16.4 Å². The van der Waals surface area contributed by atoms with E-state index in [-0.39, 0.29) is 0 Å². The van der Waals surface area contributed by atoms with Gasteiger partial charge in [0.1, 0.15) is 0 Å². The lowest BCUT2D eigenvalue weighted by Crippen LogP contribution is -2.36. The summed E-state index contributed by atoms with van der Waals surface area (Å²) >= 11 is 0. The molecule has 9 heteroatoms. The molecule has 0 aromatic heterocycles. The Balaban J connectivity index is 1.75. The Labute approximate surface area is 437 Å². The van der Waals surface area contributed by atoms with Crippen molar-refractivity contribution in [1.29, 1.82) is 0 Å². The molecule has 390 valence electrons. The first kappa shape index (κ1) is 56.6. The van der Waals surface area contributed by atoms with Gasteiger partial charge in [-0.2, -0.15) is 0 Å². The van der Waals surface area contributed by atoms with Gasteiger partial charge in [-0.25, -0.2) is 0 Å². The highest BCUT2D eigenvalue weighted by atomic mass is 16.4. The van der Waals surface area contributed by atoms with Crippen LogP contribution in [0.1, 0.15) is 268 Å². The zero-order valence-electron chi connectivity index (χ0n) is 45.8. The predicted molar refractivity (Wildman–Crippen MR) is 307 cm³/mol. The molecule has 0 radical (unpaired) electrons. The van der Waals surface area contributed by atoms with E-state index >= 15 is 0 Å². The first-order valence-corrected chi connectivity index (χ1v) is 29.7. The minimum atomic E-state index is -1.60. The number of fused-ring (bicyclic) bond motifs is 12. The van der Waals surface area contributed by atoms with E-state index in [1.165, 1.54) is 105 Å². The summed E-state index contributed by atoms with van der Waals surface area (Å²) < 4.78 is 0. The summed E-state index contributed by atoms with van der Waals surface area (Å²) in [5.41, 5.74) is 16.1. The van der Waals surface area contributed by atoms with E-state index in [1.54, 1.807) is 0 Å². The van der Waals surface area contributed by atoms with Crippen molar-refractivity contribution in [3.05, 3.63) is 88.0 Å². The number of hydrogen-bond donors (Lipinski definition) is 6. The monoisotopic (exact) mass is 979 g/mol. The van der Waals surface area contributed by atoms with E-state index in [1.807, 2.05) is 18.2 Å². The Morgan fingerprint density at radius 2 is 0.528 bits per heavy atom. The zero-order valence-corrected chi connectivity index (χ0v) is 45.8. The first-order valence-electron chi connectivity index (χ1n) is 29.7. The Morgan fingerprint density at radius 3 is 0.792 bits per heavy atom. The van der Waals surface area contributed by atoms with Gasteiger partial charge in [0.05, 0.1) is 0 Å². The molecule has 0 heterocycles. The molecule has 0 unspecified atom stereocenters. The quantitative estimate of drug-likeness (QED) is 0.0209. The van der Waals surface area contributed by atoms with E-state index in [2.05, 4.69) is 77.9 Å². The third-order valence-electron chi connectivity index (χ3n) is 18.1. The molecular weight excluding hydrogens is 885 g/mol. The van der Waals surface area contributed by atoms with Crippen LogP contribution in [0, 0.1) is 0 Å². The van der Waals surface area contributed by atoms with Gasteiger partial charge in [0.25, 0.3) is 0 Å². The van der Waals surface area contributed by atoms with Crippen LogP contribution in [0.25, 0.3) is 33.4 Å². The van der Waals surface area contributed by atoms with Crippen molar-refractivity contribution in [3.8, 4) is 33.4 Å². The van der Waals surface area contributed by atoms with Crippen LogP contribution in [0.4, 0.5) is 0 Å². The fraction of sp³-hybridized carbons (Fsp3) is 0.619. The molecule has 7 rings (SSSR count). The second-order valence-corrected chi connectivity index (χ2v) is 22.9. The predicted octanol–water partition coefficient (Wildman–Crippen LogP) is 13.3. The number of unbranched alkanes of at least 4 members (excludes halogenated alkanes) is 18. The van der Waals surface area contributed by atoms with E-state index in [9.17, 15) is 30.1 Å². The minimum absolute atomic E-state index is 0.410. The molecule has 0 fully saturated rings. The largest absolute Gasteiger partial charge is 0.488 e. The van der Waals surface area contributed by atoms with Gasteiger partial charge in [-0.05, 0) is 122 Å². The van der Waals surface area contributed by atoms with Gasteiger partial charge < -0.3 is 30.1 Å². The Bertz CT molecular complexity index is 2350. The van der Waals surface area contributed by atoms with Crippen molar-refractivity contribution in [2.45, 2.75) is 250 Å². The van der Waals surface area contributed by atoms with Crippen LogP contribution in [-0.2, 0) is 16.2 Å². The lowest BCUT2D eigenvalue weighted by molar-refractivity contribution is 0.368. The van der Waals surface area contributed by atoms with E-state index in [4.69, 9.17) is 0 Å². The smallest absolute Gasteiger partial charge is 0.423 e. The average molecular weight is 979 g/mol. The fourth-order valence-corrected chi connectivity index (χ4v) is 14.5. The molecule has 6 nitrogen and oxygen atoms in total. The van der Waals surface area contributed by atoms with Crippen LogP contribution in [0.2, 0.25) is 0 Å². The summed E-state index contributed by atoms with van der Waals surface area (Å²) in [4.78, 5) is 0. The molecule has 0 saturated heterocycles. The van der Waals surface area contributed by atoms with Gasteiger partial charge in [-0.1, -0.05) is 250 Å². The summed E-state index contributed by atoms with van der Waals surface area (Å²) in [5, 5.41) is 66.5. The highest BCUT2D eigenvalue weighted by Crippen LogP contribution is 2.71. The number of hydrogen-bond acceptors (Lipinski definition) is 6. The fourth-order valence-electron chi connectivity index (χ4n) is 14.5. The maximum Gasteiger partial charge on any atom is 0.488 e. The van der Waals surface area contributed by atoms with Crippen molar-refractivity contribution in [3.63, 3.8) is 0 Å². The first-order chi connectivity index (χ1) is 35.0. The molecular formula is C63H93B3O6. The molecule has 0 amide bonds. The van der Waals surface area contributed by atoms with Gasteiger partial charge in [-0.15, -0.1) is 0 Å². The van der Waals surface area contributed by atoms with Crippen LogP contribution in [0.15, 0.2) is 54.6 Å². The molecule has 6 N–H and O–H groups in total. The Hall–Kier alpha value is -3.17. The molecule has 72 heavy (non-hydrogen) atoms. The summed E-state index contributed by atoms with van der Waals surface area (Å²) in [7, 11) is -4.79. The summed E-state index contributed by atoms with van der Waals surface area (Å²) in [6, 6.07) is 19.2. The van der Waals surface area contributed by atoms with Crippen LogP contribution in [0.3, 0.4) is 0 Å². The molecule has 0 aliphatic heterocycles. The maximum absolute atomic E-state index is 11.1. The van der Waals surface area contributed by atoms with Gasteiger partial charge in [0, 0.05) is 16.2 Å². The Kier molecular flexibility index (Phi) is 20.5. The molecule has 0 bridgehead atoms. The lowest BCUT2D eigenvalue weighted by Gasteiger charge is -2.42. The molecule has 0 atom stereocenters. The highest BCUT2D eigenvalue weighted by Gasteiger charge is 2.58. The summed E-state index contributed by atoms with van der Waals surface area (Å²) in [6.45, 7) is 13.8. The summed E-state index contributed by atoms with van der Waals surface area (Å²) in [5.74, 6) is 0. The molecule has 3 aliphatic rings. The average Bonchev–Trinajstić information content (AvgIpc) is 3.93. The van der Waals surface area contributed by atoms with Crippen molar-refractivity contribution in [1.82, 2.24) is 0 Å². The molecule has 4 aromatic carbocycles. The van der Waals surface area contributed by atoms with Crippen LogP contribution >= 0.6 is 0 Å². The van der Waals surface area contributed by atoms with Crippen molar-refractivity contribution >= 4 is 37.7 Å². The SMILES string of the molecule is CCCCCCC1(CCCCCC)c2cc(B(O)O)ccc2-c2c3c(c4c(c21)-c1ccc(B(O)O)cc1C4(CCCCCC)CCCCCC)C(CCCCCC)(CCCCCC)c1cc(B(O)O)ccc1-3. The highest BCUT2D eigenvalue weighted by molar-refractivity contribution is 6.59. The van der Waals surface area contributed by atoms with E-state index < -0.39 is 37.6 Å². The molecule has 4 aromatic rings. The van der Waals surface area contributed by atoms with Crippen molar-refractivity contribution < 1.29 is 30.1 Å². The molecule has 3 aliphatic carbocycles. The summed E-state index contributed by atoms with van der Waals surface area (Å²) in [6.07, 6.45) is 32.9. The van der Waals surface area contributed by atoms with Crippen LogP contribution < -0.4 is 16.4 Å². The van der Waals surface area contributed by atoms with Gasteiger partial charge >= 0.3 is 21.4 Å². The number of rotatable bonds is 33. The molecule has 0 spiro atoms. The van der Waals surface area contributed by atoms with Gasteiger partial charge in [0.15, 0.2) is 0 Å².